The molecule has 114 valence electrons. The molecule has 1 aliphatic heterocycles. The van der Waals surface area contributed by atoms with Gasteiger partial charge in [0.15, 0.2) is 0 Å². The van der Waals surface area contributed by atoms with Gasteiger partial charge >= 0.3 is 0 Å². The predicted octanol–water partition coefficient (Wildman–Crippen LogP) is 6.96. The monoisotopic (exact) mass is 420 g/mol. The normalized spacial score (nSPS) is 11.5. The molecule has 5 rings (SSSR count). The van der Waals surface area contributed by atoms with Crippen LogP contribution in [0, 0.1) is 3.57 Å². The average Bonchev–Trinajstić information content (AvgIpc) is 2.96. The lowest BCUT2D eigenvalue weighted by Crippen LogP contribution is -1.88. The van der Waals surface area contributed by atoms with Crippen molar-refractivity contribution in [2.75, 3.05) is 0 Å². The molecule has 0 bridgehead atoms. The molecule has 0 amide bonds. The highest BCUT2D eigenvalue weighted by molar-refractivity contribution is 14.1. The van der Waals surface area contributed by atoms with E-state index in [2.05, 4.69) is 89.3 Å². The molecule has 0 spiro atoms. The number of fused-ring (bicyclic) bond motifs is 5. The Morgan fingerprint density at radius 2 is 1.21 bits per heavy atom. The Bertz CT molecular complexity index is 1150. The molecule has 0 saturated heterocycles. The van der Waals surface area contributed by atoms with Gasteiger partial charge in [-0.05, 0) is 39.4 Å². The van der Waals surface area contributed by atoms with Crippen LogP contribution in [0.1, 0.15) is 0 Å². The second kappa shape index (κ2) is 5.35. The van der Waals surface area contributed by atoms with E-state index in [0.29, 0.717) is 0 Å². The van der Waals surface area contributed by atoms with Gasteiger partial charge in [0.1, 0.15) is 11.3 Å². The topological polar surface area (TPSA) is 13.1 Å². The van der Waals surface area contributed by atoms with Gasteiger partial charge in [-0.1, -0.05) is 72.8 Å². The summed E-state index contributed by atoms with van der Waals surface area (Å²) in [6, 6.07) is 27.3. The fraction of sp³-hybridized carbons (Fsp3) is 0. The Hall–Kier alpha value is -2.33. The summed E-state index contributed by atoms with van der Waals surface area (Å²) in [5.41, 5.74) is 4.54. The minimum Gasteiger partial charge on any atom is -0.455 e. The number of rotatable bonds is 1. The van der Waals surface area contributed by atoms with E-state index in [9.17, 15) is 0 Å². The van der Waals surface area contributed by atoms with Crippen molar-refractivity contribution in [1.82, 2.24) is 0 Å². The Morgan fingerprint density at radius 3 is 2.00 bits per heavy atom. The van der Waals surface area contributed by atoms with E-state index < -0.39 is 0 Å². The Morgan fingerprint density at radius 1 is 0.583 bits per heavy atom. The van der Waals surface area contributed by atoms with Crippen LogP contribution in [0.15, 0.2) is 83.3 Å². The smallest absolute Gasteiger partial charge is 0.143 e. The number of halogens is 1. The van der Waals surface area contributed by atoms with Crippen molar-refractivity contribution in [3.05, 3.63) is 82.4 Å². The van der Waals surface area contributed by atoms with Crippen LogP contribution in [0.3, 0.4) is 0 Å². The van der Waals surface area contributed by atoms with Crippen LogP contribution in [-0.4, -0.2) is 0 Å². The first kappa shape index (κ1) is 14.1. The van der Waals surface area contributed by atoms with E-state index in [1.54, 1.807) is 0 Å². The summed E-state index contributed by atoms with van der Waals surface area (Å²) < 4.78 is 7.67. The van der Waals surface area contributed by atoms with Crippen molar-refractivity contribution in [2.45, 2.75) is 0 Å². The van der Waals surface area contributed by atoms with Gasteiger partial charge in [-0.25, -0.2) is 0 Å². The summed E-state index contributed by atoms with van der Waals surface area (Å²) >= 11 is 2.47. The second-order valence-electron chi connectivity index (χ2n) is 5.90. The van der Waals surface area contributed by atoms with Crippen LogP contribution in [0.5, 0.6) is 0 Å². The average molecular weight is 420 g/mol. The van der Waals surface area contributed by atoms with Gasteiger partial charge in [-0.3, -0.25) is 0 Å². The number of benzene rings is 3. The van der Waals surface area contributed by atoms with Crippen molar-refractivity contribution >= 4 is 44.3 Å². The number of hydrogen-bond acceptors (Lipinski definition) is 1. The Labute approximate surface area is 153 Å². The summed E-state index contributed by atoms with van der Waals surface area (Å²) in [5.74, 6) is 0.948. The third kappa shape index (κ3) is 1.93. The zero-order chi connectivity index (χ0) is 16.1. The molecule has 1 aliphatic carbocycles. The first-order valence-electron chi connectivity index (χ1n) is 7.91. The van der Waals surface area contributed by atoms with Gasteiger partial charge in [-0.15, -0.1) is 0 Å². The number of para-hydroxylation sites is 1. The first-order valence-corrected chi connectivity index (χ1v) is 8.99. The highest BCUT2D eigenvalue weighted by atomic mass is 127. The molecule has 2 aliphatic rings. The summed E-state index contributed by atoms with van der Waals surface area (Å²) in [6.45, 7) is 0. The third-order valence-corrected chi connectivity index (χ3v) is 5.65. The van der Waals surface area contributed by atoms with Crippen LogP contribution in [-0.2, 0) is 0 Å². The molecule has 0 radical (unpaired) electrons. The highest BCUT2D eigenvalue weighted by Gasteiger charge is 2.24. The van der Waals surface area contributed by atoms with Gasteiger partial charge in [-0.2, -0.15) is 0 Å². The maximum atomic E-state index is 6.38. The Balaban J connectivity index is 2.06. The molecule has 0 atom stereocenters. The fourth-order valence-electron chi connectivity index (χ4n) is 3.48. The van der Waals surface area contributed by atoms with Crippen LogP contribution < -0.4 is 0 Å². The zero-order valence-electron chi connectivity index (χ0n) is 12.8. The molecule has 3 aromatic carbocycles. The van der Waals surface area contributed by atoms with E-state index in [-0.39, 0.29) is 0 Å². The van der Waals surface area contributed by atoms with Crippen LogP contribution in [0.2, 0.25) is 0 Å². The highest BCUT2D eigenvalue weighted by Crippen LogP contribution is 2.48. The zero-order valence-corrected chi connectivity index (χ0v) is 14.9. The summed E-state index contributed by atoms with van der Waals surface area (Å²) in [7, 11) is 0. The molecule has 0 saturated carbocycles. The number of hydrogen-bond donors (Lipinski definition) is 0. The molecule has 3 aromatic rings. The van der Waals surface area contributed by atoms with Gasteiger partial charge in [0.2, 0.25) is 0 Å². The van der Waals surface area contributed by atoms with Crippen molar-refractivity contribution in [3.8, 4) is 22.5 Å². The van der Waals surface area contributed by atoms with Gasteiger partial charge < -0.3 is 4.42 Å². The molecule has 0 aromatic heterocycles. The van der Waals surface area contributed by atoms with Gasteiger partial charge in [0.05, 0.1) is 0 Å². The van der Waals surface area contributed by atoms with E-state index >= 15 is 0 Å². The lowest BCUT2D eigenvalue weighted by molar-refractivity contribution is 0.622. The molecule has 1 nitrogen and oxygen atoms in total. The van der Waals surface area contributed by atoms with E-state index in [1.807, 2.05) is 12.1 Å². The quantitative estimate of drug-likeness (QED) is 0.267. The minimum atomic E-state index is 0.928. The SMILES string of the molecule is Ic1c2c3ccccc3oc(-c3ccccc3)c-2c2ccccc12. The lowest BCUT2D eigenvalue weighted by atomic mass is 9.98. The van der Waals surface area contributed by atoms with Crippen LogP contribution in [0.4, 0.5) is 0 Å². The standard InChI is InChI=1S/C22H13IO/c23-21-16-11-5-4-10-15(16)20-19(21)17-12-6-7-13-18(17)24-22(20)14-8-2-1-3-9-14/h1-13H. The van der Waals surface area contributed by atoms with E-state index in [0.717, 1.165) is 16.9 Å². The molecule has 2 heteroatoms. The fourth-order valence-corrected chi connectivity index (χ4v) is 4.51. The molecule has 0 fully saturated rings. The maximum absolute atomic E-state index is 6.38. The largest absolute Gasteiger partial charge is 0.455 e. The third-order valence-electron chi connectivity index (χ3n) is 4.53. The van der Waals surface area contributed by atoms with Crippen molar-refractivity contribution < 1.29 is 4.42 Å². The van der Waals surface area contributed by atoms with Crippen LogP contribution in [0.25, 0.3) is 44.2 Å². The Kier molecular flexibility index (Phi) is 3.13. The molecular formula is C22H13IO. The molecule has 0 unspecified atom stereocenters. The summed E-state index contributed by atoms with van der Waals surface area (Å²) in [6.07, 6.45) is 0. The lowest BCUT2D eigenvalue weighted by Gasteiger charge is -2.12. The first-order chi connectivity index (χ1) is 11.8. The van der Waals surface area contributed by atoms with Crippen molar-refractivity contribution in [3.63, 3.8) is 0 Å². The van der Waals surface area contributed by atoms with Gasteiger partial charge in [0.25, 0.3) is 0 Å². The minimum absolute atomic E-state index is 0.928. The molecular weight excluding hydrogens is 407 g/mol. The van der Waals surface area contributed by atoms with Gasteiger partial charge in [0, 0.05) is 25.6 Å². The maximum Gasteiger partial charge on any atom is 0.143 e. The summed E-state index contributed by atoms with van der Waals surface area (Å²) in [4.78, 5) is 0. The molecule has 24 heavy (non-hydrogen) atoms. The second-order valence-corrected chi connectivity index (χ2v) is 6.98. The van der Waals surface area contributed by atoms with E-state index in [1.165, 1.54) is 30.9 Å². The van der Waals surface area contributed by atoms with Crippen molar-refractivity contribution in [2.24, 2.45) is 0 Å². The van der Waals surface area contributed by atoms with Crippen molar-refractivity contribution in [1.29, 1.82) is 0 Å². The predicted molar refractivity (Wildman–Crippen MR) is 108 cm³/mol. The molecule has 0 N–H and O–H groups in total. The molecule has 1 heterocycles. The van der Waals surface area contributed by atoms with Crippen LogP contribution >= 0.6 is 22.6 Å². The summed E-state index contributed by atoms with van der Waals surface area (Å²) in [5, 5.41) is 3.72. The van der Waals surface area contributed by atoms with E-state index in [4.69, 9.17) is 4.42 Å².